The zero-order valence-electron chi connectivity index (χ0n) is 8.91. The lowest BCUT2D eigenvalue weighted by atomic mass is 10.0. The molecule has 0 bridgehead atoms. The molecule has 0 saturated heterocycles. The highest BCUT2D eigenvalue weighted by Gasteiger charge is 2.09. The van der Waals surface area contributed by atoms with Gasteiger partial charge in [-0.05, 0) is 18.6 Å². The van der Waals surface area contributed by atoms with E-state index < -0.39 is 0 Å². The minimum absolute atomic E-state index is 0.0568. The second-order valence-corrected chi connectivity index (χ2v) is 4.51. The number of hydrogen-bond acceptors (Lipinski definition) is 1. The van der Waals surface area contributed by atoms with Crippen LogP contribution in [0.5, 0.6) is 0 Å². The van der Waals surface area contributed by atoms with Crippen molar-refractivity contribution < 1.29 is 4.79 Å². The van der Waals surface area contributed by atoms with Crippen molar-refractivity contribution in [2.45, 2.75) is 6.92 Å². The van der Waals surface area contributed by atoms with E-state index in [1.165, 1.54) is 0 Å². The van der Waals surface area contributed by atoms with E-state index in [2.05, 4.69) is 15.9 Å². The number of rotatable bonds is 2. The fourth-order valence-corrected chi connectivity index (χ4v) is 1.87. The van der Waals surface area contributed by atoms with Crippen molar-refractivity contribution in [3.63, 3.8) is 0 Å². The molecule has 0 spiro atoms. The van der Waals surface area contributed by atoms with Crippen LogP contribution in [0.4, 0.5) is 0 Å². The summed E-state index contributed by atoms with van der Waals surface area (Å²) in [5.41, 5.74) is 2.56. The maximum absolute atomic E-state index is 12.1. The number of hydrogen-bond donors (Lipinski definition) is 0. The first-order chi connectivity index (χ1) is 7.68. The first-order valence-corrected chi connectivity index (χ1v) is 5.83. The van der Waals surface area contributed by atoms with Crippen molar-refractivity contribution in [2.24, 2.45) is 0 Å². The molecular weight excluding hydrogens is 264 g/mol. The van der Waals surface area contributed by atoms with Gasteiger partial charge in [0.15, 0.2) is 5.78 Å². The molecule has 0 atom stereocenters. The lowest BCUT2D eigenvalue weighted by molar-refractivity contribution is 0.103. The number of carbonyl (C=O) groups excluding carboxylic acids is 1. The van der Waals surface area contributed by atoms with Crippen LogP contribution in [-0.4, -0.2) is 5.78 Å². The predicted molar refractivity (Wildman–Crippen MR) is 68.8 cm³/mol. The summed E-state index contributed by atoms with van der Waals surface area (Å²) in [7, 11) is 0. The maximum Gasteiger partial charge on any atom is 0.193 e. The number of carbonyl (C=O) groups is 1. The highest BCUT2D eigenvalue weighted by Crippen LogP contribution is 2.19. The van der Waals surface area contributed by atoms with Gasteiger partial charge in [-0.25, -0.2) is 0 Å². The second kappa shape index (κ2) is 4.62. The third kappa shape index (κ3) is 2.22. The van der Waals surface area contributed by atoms with E-state index in [4.69, 9.17) is 0 Å². The van der Waals surface area contributed by atoms with Crippen LogP contribution in [0.1, 0.15) is 21.5 Å². The van der Waals surface area contributed by atoms with Crippen LogP contribution in [0.2, 0.25) is 0 Å². The molecule has 0 radical (unpaired) electrons. The summed E-state index contributed by atoms with van der Waals surface area (Å²) in [6.45, 7) is 2.00. The van der Waals surface area contributed by atoms with Crippen molar-refractivity contribution in [1.29, 1.82) is 0 Å². The summed E-state index contributed by atoms with van der Waals surface area (Å²) < 4.78 is 0.967. The van der Waals surface area contributed by atoms with Crippen LogP contribution in [0.25, 0.3) is 0 Å². The van der Waals surface area contributed by atoms with E-state index in [0.717, 1.165) is 15.6 Å². The van der Waals surface area contributed by atoms with Gasteiger partial charge in [-0.3, -0.25) is 4.79 Å². The zero-order valence-corrected chi connectivity index (χ0v) is 10.5. The van der Waals surface area contributed by atoms with E-state index in [-0.39, 0.29) is 5.78 Å². The van der Waals surface area contributed by atoms with Crippen LogP contribution < -0.4 is 0 Å². The average Bonchev–Trinajstić information content (AvgIpc) is 2.33. The molecule has 0 amide bonds. The summed E-state index contributed by atoms with van der Waals surface area (Å²) >= 11 is 3.43. The van der Waals surface area contributed by atoms with Crippen LogP contribution in [0.15, 0.2) is 53.0 Å². The van der Waals surface area contributed by atoms with E-state index in [0.29, 0.717) is 5.56 Å². The highest BCUT2D eigenvalue weighted by molar-refractivity contribution is 9.10. The molecule has 2 heteroatoms. The van der Waals surface area contributed by atoms with Gasteiger partial charge < -0.3 is 0 Å². The first kappa shape index (κ1) is 11.1. The second-order valence-electron chi connectivity index (χ2n) is 3.66. The molecule has 0 heterocycles. The van der Waals surface area contributed by atoms with Crippen LogP contribution in [-0.2, 0) is 0 Å². The summed E-state index contributed by atoms with van der Waals surface area (Å²) in [6.07, 6.45) is 0. The van der Waals surface area contributed by atoms with Gasteiger partial charge in [0.2, 0.25) is 0 Å². The molecule has 0 aliphatic heterocycles. The molecule has 1 nitrogen and oxygen atoms in total. The third-order valence-corrected chi connectivity index (χ3v) is 3.32. The van der Waals surface area contributed by atoms with Crippen molar-refractivity contribution in [2.75, 3.05) is 0 Å². The molecule has 0 fully saturated rings. The Morgan fingerprint density at radius 3 is 2.31 bits per heavy atom. The highest BCUT2D eigenvalue weighted by atomic mass is 79.9. The van der Waals surface area contributed by atoms with Gasteiger partial charge >= 0.3 is 0 Å². The zero-order chi connectivity index (χ0) is 11.5. The van der Waals surface area contributed by atoms with E-state index in [9.17, 15) is 4.79 Å². The molecule has 0 N–H and O–H groups in total. The Bertz CT molecular complexity index is 518. The van der Waals surface area contributed by atoms with Gasteiger partial charge in [0.25, 0.3) is 0 Å². The van der Waals surface area contributed by atoms with Crippen molar-refractivity contribution in [3.05, 3.63) is 69.7 Å². The minimum atomic E-state index is 0.0568. The van der Waals surface area contributed by atoms with Crippen molar-refractivity contribution >= 4 is 21.7 Å². The molecule has 2 aromatic rings. The summed E-state index contributed by atoms with van der Waals surface area (Å²) in [5, 5.41) is 0. The monoisotopic (exact) mass is 274 g/mol. The van der Waals surface area contributed by atoms with Crippen LogP contribution >= 0.6 is 15.9 Å². The predicted octanol–water partition coefficient (Wildman–Crippen LogP) is 3.99. The van der Waals surface area contributed by atoms with Gasteiger partial charge in [0.1, 0.15) is 0 Å². The molecular formula is C14H11BrO. The third-order valence-electron chi connectivity index (χ3n) is 2.47. The summed E-state index contributed by atoms with van der Waals surface area (Å²) in [6, 6.07) is 15.0. The van der Waals surface area contributed by atoms with Crippen molar-refractivity contribution in [3.8, 4) is 0 Å². The Labute approximate surface area is 103 Å². The fraction of sp³-hybridized carbons (Fsp3) is 0.0714. The number of aryl methyl sites for hydroxylation is 1. The Balaban J connectivity index is 2.39. The van der Waals surface area contributed by atoms with E-state index in [1.807, 2.05) is 55.5 Å². The molecule has 0 unspecified atom stereocenters. The normalized spacial score (nSPS) is 10.1. The number of ketones is 1. The van der Waals surface area contributed by atoms with E-state index in [1.54, 1.807) is 0 Å². The average molecular weight is 275 g/mol. The Morgan fingerprint density at radius 2 is 1.69 bits per heavy atom. The number of benzene rings is 2. The van der Waals surface area contributed by atoms with Crippen LogP contribution in [0.3, 0.4) is 0 Å². The molecule has 80 valence electrons. The maximum atomic E-state index is 12.1. The largest absolute Gasteiger partial charge is 0.289 e. The Morgan fingerprint density at radius 1 is 1.00 bits per heavy atom. The number of halogens is 1. The molecule has 0 saturated carbocycles. The van der Waals surface area contributed by atoms with Gasteiger partial charge in [0, 0.05) is 15.6 Å². The summed E-state index contributed by atoms with van der Waals surface area (Å²) in [5.74, 6) is 0.0568. The Kier molecular flexibility index (Phi) is 3.20. The molecule has 2 aromatic carbocycles. The van der Waals surface area contributed by atoms with Gasteiger partial charge in [0.05, 0.1) is 0 Å². The van der Waals surface area contributed by atoms with E-state index >= 15 is 0 Å². The van der Waals surface area contributed by atoms with Crippen LogP contribution in [0, 0.1) is 6.92 Å². The lowest BCUT2D eigenvalue weighted by Gasteiger charge is -2.03. The first-order valence-electron chi connectivity index (χ1n) is 5.04. The summed E-state index contributed by atoms with van der Waals surface area (Å²) in [4.78, 5) is 12.1. The van der Waals surface area contributed by atoms with Gasteiger partial charge in [-0.1, -0.05) is 58.4 Å². The standard InChI is InChI=1S/C14H11BrO/c1-10-7-8-12(9-13(10)15)14(16)11-5-3-2-4-6-11/h2-9H,1H3. The molecule has 16 heavy (non-hydrogen) atoms. The van der Waals surface area contributed by atoms with Gasteiger partial charge in [-0.2, -0.15) is 0 Å². The minimum Gasteiger partial charge on any atom is -0.289 e. The SMILES string of the molecule is Cc1ccc(C(=O)c2ccccc2)cc1Br. The van der Waals surface area contributed by atoms with Crippen molar-refractivity contribution in [1.82, 2.24) is 0 Å². The van der Waals surface area contributed by atoms with Gasteiger partial charge in [-0.15, -0.1) is 0 Å². The smallest absolute Gasteiger partial charge is 0.193 e. The quantitative estimate of drug-likeness (QED) is 0.757. The topological polar surface area (TPSA) is 17.1 Å². The molecule has 0 aromatic heterocycles. The fourth-order valence-electron chi connectivity index (χ4n) is 1.49. The Hall–Kier alpha value is -1.41. The molecule has 0 aliphatic carbocycles. The molecule has 0 aliphatic rings. The lowest BCUT2D eigenvalue weighted by Crippen LogP contribution is -2.00. The molecule has 2 rings (SSSR count).